The molecule has 1 aliphatic heterocycles. The van der Waals surface area contributed by atoms with E-state index in [1.165, 1.54) is 57.9 Å². The molecule has 1 atom stereocenters. The average Bonchev–Trinajstić information content (AvgIpc) is 2.70. The molecule has 1 N–H and O–H groups in total. The maximum Gasteiger partial charge on any atom is 0.169 e. The zero-order chi connectivity index (χ0) is 12.1. The lowest BCUT2D eigenvalue weighted by molar-refractivity contribution is 0.241. The molecule has 2 fully saturated rings. The molecule has 0 radical (unpaired) electrons. The maximum absolute atomic E-state index is 5.45. The molecule has 98 valence electrons. The van der Waals surface area contributed by atoms with Crippen LogP contribution in [0.4, 0.5) is 0 Å². The number of nitrogens with zero attached hydrogens (tertiary/aromatic N) is 1. The first-order valence-corrected chi connectivity index (χ1v) is 7.76. The Morgan fingerprint density at radius 2 is 2.06 bits per heavy atom. The SMILES string of the molecule is CCCC[C@@H]1CNC(=S)N1CC1CCCCC1. The first-order chi connectivity index (χ1) is 8.31. The first kappa shape index (κ1) is 13.1. The van der Waals surface area contributed by atoms with Crippen molar-refractivity contribution in [1.82, 2.24) is 10.2 Å². The molecule has 0 spiro atoms. The number of rotatable bonds is 5. The van der Waals surface area contributed by atoms with Gasteiger partial charge in [0.25, 0.3) is 0 Å². The van der Waals surface area contributed by atoms with Crippen molar-refractivity contribution in [3.8, 4) is 0 Å². The number of thiocarbonyl (C=S) groups is 1. The van der Waals surface area contributed by atoms with Gasteiger partial charge in [0.2, 0.25) is 0 Å². The molecule has 2 nitrogen and oxygen atoms in total. The highest BCUT2D eigenvalue weighted by atomic mass is 32.1. The standard InChI is InChI=1S/C14H26N2S/c1-2-3-9-13-10-15-14(17)16(13)11-12-7-5-4-6-8-12/h12-13H,2-11H2,1H3,(H,15,17)/t13-/m1/s1. The topological polar surface area (TPSA) is 15.3 Å². The van der Waals surface area contributed by atoms with Crippen molar-refractivity contribution >= 4 is 17.3 Å². The van der Waals surface area contributed by atoms with E-state index in [0.29, 0.717) is 6.04 Å². The largest absolute Gasteiger partial charge is 0.360 e. The van der Waals surface area contributed by atoms with Crippen molar-refractivity contribution in [2.75, 3.05) is 13.1 Å². The van der Waals surface area contributed by atoms with E-state index >= 15 is 0 Å². The molecule has 17 heavy (non-hydrogen) atoms. The summed E-state index contributed by atoms with van der Waals surface area (Å²) in [5.74, 6) is 0.894. The summed E-state index contributed by atoms with van der Waals surface area (Å²) >= 11 is 5.45. The van der Waals surface area contributed by atoms with Gasteiger partial charge in [-0.1, -0.05) is 39.0 Å². The first-order valence-electron chi connectivity index (χ1n) is 7.35. The van der Waals surface area contributed by atoms with E-state index in [0.717, 1.165) is 17.6 Å². The van der Waals surface area contributed by atoms with Gasteiger partial charge in [-0.3, -0.25) is 0 Å². The fourth-order valence-corrected chi connectivity index (χ4v) is 3.47. The Hall–Kier alpha value is -0.310. The van der Waals surface area contributed by atoms with Crippen LogP contribution in [0, 0.1) is 5.92 Å². The summed E-state index contributed by atoms with van der Waals surface area (Å²) in [4.78, 5) is 2.49. The average molecular weight is 254 g/mol. The molecule has 1 saturated heterocycles. The summed E-state index contributed by atoms with van der Waals surface area (Å²) in [6.45, 7) is 4.55. The van der Waals surface area contributed by atoms with E-state index in [1.54, 1.807) is 0 Å². The number of nitrogens with one attached hydrogen (secondary N) is 1. The molecule has 0 amide bonds. The van der Waals surface area contributed by atoms with Gasteiger partial charge in [-0.25, -0.2) is 0 Å². The Balaban J connectivity index is 1.84. The quantitative estimate of drug-likeness (QED) is 0.758. The summed E-state index contributed by atoms with van der Waals surface area (Å²) in [6.07, 6.45) is 11.1. The van der Waals surface area contributed by atoms with Crippen LogP contribution in [0.15, 0.2) is 0 Å². The van der Waals surface area contributed by atoms with Crippen LogP contribution < -0.4 is 5.32 Å². The van der Waals surface area contributed by atoms with Crippen LogP contribution >= 0.6 is 12.2 Å². The Labute approximate surface area is 111 Å². The lowest BCUT2D eigenvalue weighted by atomic mass is 9.88. The Bertz CT molecular complexity index is 249. The van der Waals surface area contributed by atoms with Gasteiger partial charge >= 0.3 is 0 Å². The Morgan fingerprint density at radius 1 is 1.29 bits per heavy atom. The molecule has 0 aromatic heterocycles. The van der Waals surface area contributed by atoms with Gasteiger partial charge in [0.1, 0.15) is 0 Å². The van der Waals surface area contributed by atoms with Crippen molar-refractivity contribution < 1.29 is 0 Å². The molecule has 0 unspecified atom stereocenters. The fourth-order valence-electron chi connectivity index (χ4n) is 3.16. The van der Waals surface area contributed by atoms with Crippen LogP contribution in [0.25, 0.3) is 0 Å². The van der Waals surface area contributed by atoms with Crippen molar-refractivity contribution in [1.29, 1.82) is 0 Å². The summed E-state index contributed by atoms with van der Waals surface area (Å²) in [6, 6.07) is 0.671. The van der Waals surface area contributed by atoms with Crippen LogP contribution in [0.3, 0.4) is 0 Å². The van der Waals surface area contributed by atoms with Gasteiger partial charge in [-0.15, -0.1) is 0 Å². The lowest BCUT2D eigenvalue weighted by Crippen LogP contribution is -2.38. The maximum atomic E-state index is 5.45. The fraction of sp³-hybridized carbons (Fsp3) is 0.929. The lowest BCUT2D eigenvalue weighted by Gasteiger charge is -2.31. The molecule has 0 aromatic rings. The van der Waals surface area contributed by atoms with Gasteiger partial charge in [-0.05, 0) is 37.4 Å². The smallest absolute Gasteiger partial charge is 0.169 e. The van der Waals surface area contributed by atoms with Crippen molar-refractivity contribution in [3.63, 3.8) is 0 Å². The third kappa shape index (κ3) is 3.57. The third-order valence-electron chi connectivity index (χ3n) is 4.26. The van der Waals surface area contributed by atoms with Gasteiger partial charge in [0, 0.05) is 19.1 Å². The zero-order valence-corrected chi connectivity index (χ0v) is 11.9. The van der Waals surface area contributed by atoms with Gasteiger partial charge in [0.05, 0.1) is 0 Å². The molecule has 2 aliphatic rings. The van der Waals surface area contributed by atoms with Gasteiger partial charge in [0.15, 0.2) is 5.11 Å². The highest BCUT2D eigenvalue weighted by Gasteiger charge is 2.29. The van der Waals surface area contributed by atoms with Crippen molar-refractivity contribution in [3.05, 3.63) is 0 Å². The Morgan fingerprint density at radius 3 is 2.76 bits per heavy atom. The van der Waals surface area contributed by atoms with Gasteiger partial charge < -0.3 is 10.2 Å². The van der Waals surface area contributed by atoms with Crippen molar-refractivity contribution in [2.45, 2.75) is 64.3 Å². The van der Waals surface area contributed by atoms with Crippen LogP contribution in [0.5, 0.6) is 0 Å². The van der Waals surface area contributed by atoms with E-state index in [-0.39, 0.29) is 0 Å². The van der Waals surface area contributed by atoms with Crippen molar-refractivity contribution in [2.24, 2.45) is 5.92 Å². The van der Waals surface area contributed by atoms with E-state index in [9.17, 15) is 0 Å². The van der Waals surface area contributed by atoms with E-state index in [2.05, 4.69) is 17.1 Å². The summed E-state index contributed by atoms with van der Waals surface area (Å²) in [5, 5.41) is 4.39. The second kappa shape index (κ2) is 6.58. The predicted molar refractivity (Wildman–Crippen MR) is 77.2 cm³/mol. The number of hydrogen-bond acceptors (Lipinski definition) is 1. The monoisotopic (exact) mass is 254 g/mol. The second-order valence-corrected chi connectivity index (χ2v) is 6.03. The third-order valence-corrected chi connectivity index (χ3v) is 4.64. The second-order valence-electron chi connectivity index (χ2n) is 5.64. The minimum Gasteiger partial charge on any atom is -0.360 e. The molecule has 2 rings (SSSR count). The summed E-state index contributed by atoms with van der Waals surface area (Å²) in [7, 11) is 0. The van der Waals surface area contributed by atoms with Gasteiger partial charge in [-0.2, -0.15) is 0 Å². The number of unbranched alkanes of at least 4 members (excludes halogenated alkanes) is 1. The summed E-state index contributed by atoms with van der Waals surface area (Å²) < 4.78 is 0. The van der Waals surface area contributed by atoms with E-state index in [4.69, 9.17) is 12.2 Å². The molecule has 0 aromatic carbocycles. The Kier molecular flexibility index (Phi) is 5.08. The van der Waals surface area contributed by atoms with Crippen LogP contribution in [0.1, 0.15) is 58.3 Å². The highest BCUT2D eigenvalue weighted by Crippen LogP contribution is 2.26. The minimum atomic E-state index is 0.671. The van der Waals surface area contributed by atoms with E-state index < -0.39 is 0 Å². The molecular formula is C14H26N2S. The minimum absolute atomic E-state index is 0.671. The zero-order valence-electron chi connectivity index (χ0n) is 11.1. The number of hydrogen-bond donors (Lipinski definition) is 1. The van der Waals surface area contributed by atoms with E-state index in [1.807, 2.05) is 0 Å². The molecule has 3 heteroatoms. The van der Waals surface area contributed by atoms with Crippen LogP contribution in [-0.2, 0) is 0 Å². The molecule has 0 bridgehead atoms. The molecule has 1 heterocycles. The van der Waals surface area contributed by atoms with Crippen LogP contribution in [-0.4, -0.2) is 29.1 Å². The molecule has 1 saturated carbocycles. The predicted octanol–water partition coefficient (Wildman–Crippen LogP) is 3.32. The highest BCUT2D eigenvalue weighted by molar-refractivity contribution is 7.80. The molecule has 1 aliphatic carbocycles. The molecular weight excluding hydrogens is 228 g/mol. The summed E-state index contributed by atoms with van der Waals surface area (Å²) in [5.41, 5.74) is 0. The van der Waals surface area contributed by atoms with Crippen LogP contribution in [0.2, 0.25) is 0 Å². The normalized spacial score (nSPS) is 26.3.